The molecule has 16 heavy (non-hydrogen) atoms. The van der Waals surface area contributed by atoms with Crippen molar-refractivity contribution in [2.45, 2.75) is 20.5 Å². The fourth-order valence-corrected chi connectivity index (χ4v) is 1.97. The number of aliphatic hydroxyl groups is 1. The lowest BCUT2D eigenvalue weighted by Gasteiger charge is -2.12. The highest BCUT2D eigenvalue weighted by Crippen LogP contribution is 2.26. The number of aromatic nitrogens is 2. The van der Waals surface area contributed by atoms with Gasteiger partial charge in [-0.15, -0.1) is 0 Å². The Hall–Kier alpha value is -1.32. The highest BCUT2D eigenvalue weighted by Gasteiger charge is 2.11. The molecule has 0 amide bonds. The Labute approximate surface area is 99.3 Å². The van der Waals surface area contributed by atoms with Gasteiger partial charge in [0.1, 0.15) is 0 Å². The zero-order valence-corrected chi connectivity index (χ0v) is 9.99. The number of para-hydroxylation sites is 1. The van der Waals surface area contributed by atoms with Crippen LogP contribution in [0.4, 0.5) is 0 Å². The summed E-state index contributed by atoms with van der Waals surface area (Å²) in [5.74, 6) is 0. The molecule has 0 fully saturated rings. The molecule has 1 heterocycles. The standard InChI is InChI=1S/C12H13ClN2O/c1-8-9(2)15(7-14-8)12-10(6-16)4-3-5-11(12)13/h3-5,7,16H,6H2,1-2H3. The molecule has 0 radical (unpaired) electrons. The predicted molar refractivity (Wildman–Crippen MR) is 64.0 cm³/mol. The van der Waals surface area contributed by atoms with Gasteiger partial charge in [0.15, 0.2) is 0 Å². The molecular weight excluding hydrogens is 224 g/mol. The van der Waals surface area contributed by atoms with Crippen LogP contribution in [0.2, 0.25) is 5.02 Å². The molecule has 0 aliphatic rings. The van der Waals surface area contributed by atoms with Crippen LogP contribution in [0, 0.1) is 13.8 Å². The van der Waals surface area contributed by atoms with Crippen molar-refractivity contribution in [1.82, 2.24) is 9.55 Å². The molecule has 1 aromatic carbocycles. The maximum absolute atomic E-state index is 9.31. The molecule has 3 nitrogen and oxygen atoms in total. The van der Waals surface area contributed by atoms with Gasteiger partial charge in [-0.2, -0.15) is 0 Å². The molecule has 2 aromatic rings. The third-order valence-corrected chi connectivity index (χ3v) is 3.04. The molecule has 0 aliphatic carbocycles. The molecule has 2 rings (SSSR count). The van der Waals surface area contributed by atoms with E-state index in [1.807, 2.05) is 36.6 Å². The van der Waals surface area contributed by atoms with Gasteiger partial charge < -0.3 is 9.67 Å². The number of aryl methyl sites for hydroxylation is 1. The second-order valence-electron chi connectivity index (χ2n) is 3.69. The lowest BCUT2D eigenvalue weighted by molar-refractivity contribution is 0.281. The Morgan fingerprint density at radius 1 is 1.38 bits per heavy atom. The quantitative estimate of drug-likeness (QED) is 0.871. The number of hydrogen-bond donors (Lipinski definition) is 1. The Balaban J connectivity index is 2.68. The molecule has 1 aromatic heterocycles. The van der Waals surface area contributed by atoms with Crippen LogP contribution in [0.15, 0.2) is 24.5 Å². The molecular formula is C12H13ClN2O. The summed E-state index contributed by atoms with van der Waals surface area (Å²) in [4.78, 5) is 4.23. The minimum atomic E-state index is -0.0352. The van der Waals surface area contributed by atoms with Crippen molar-refractivity contribution in [3.05, 3.63) is 46.5 Å². The summed E-state index contributed by atoms with van der Waals surface area (Å²) in [7, 11) is 0. The Kier molecular flexibility index (Phi) is 2.99. The Bertz CT molecular complexity index is 520. The number of imidazole rings is 1. The van der Waals surface area contributed by atoms with Gasteiger partial charge in [0, 0.05) is 11.3 Å². The molecule has 4 heteroatoms. The van der Waals surface area contributed by atoms with Gasteiger partial charge in [0.05, 0.1) is 29.3 Å². The lowest BCUT2D eigenvalue weighted by Crippen LogP contribution is -2.01. The highest BCUT2D eigenvalue weighted by atomic mass is 35.5. The zero-order valence-electron chi connectivity index (χ0n) is 9.24. The van der Waals surface area contributed by atoms with Gasteiger partial charge in [-0.05, 0) is 19.9 Å². The number of halogens is 1. The molecule has 0 atom stereocenters. The average molecular weight is 237 g/mol. The predicted octanol–water partition coefficient (Wildman–Crippen LogP) is 2.63. The first-order valence-electron chi connectivity index (χ1n) is 5.04. The molecule has 84 valence electrons. The highest BCUT2D eigenvalue weighted by molar-refractivity contribution is 6.32. The second-order valence-corrected chi connectivity index (χ2v) is 4.10. The first-order valence-corrected chi connectivity index (χ1v) is 5.42. The molecule has 0 spiro atoms. The van der Waals surface area contributed by atoms with Gasteiger partial charge in [-0.3, -0.25) is 0 Å². The third kappa shape index (κ3) is 1.72. The second kappa shape index (κ2) is 4.28. The van der Waals surface area contributed by atoms with Crippen LogP contribution in [0.1, 0.15) is 17.0 Å². The van der Waals surface area contributed by atoms with E-state index in [4.69, 9.17) is 11.6 Å². The zero-order chi connectivity index (χ0) is 11.7. The van der Waals surface area contributed by atoms with Crippen molar-refractivity contribution in [3.8, 4) is 5.69 Å². The fraction of sp³-hybridized carbons (Fsp3) is 0.250. The van der Waals surface area contributed by atoms with Crippen molar-refractivity contribution < 1.29 is 5.11 Å². The number of nitrogens with zero attached hydrogens (tertiary/aromatic N) is 2. The van der Waals surface area contributed by atoms with E-state index < -0.39 is 0 Å². The summed E-state index contributed by atoms with van der Waals surface area (Å²) in [6.45, 7) is 3.89. The molecule has 1 N–H and O–H groups in total. The summed E-state index contributed by atoms with van der Waals surface area (Å²) in [6.07, 6.45) is 1.73. The van der Waals surface area contributed by atoms with Crippen LogP contribution in [0.25, 0.3) is 5.69 Å². The molecule has 0 bridgehead atoms. The molecule has 0 aliphatic heterocycles. The van der Waals surface area contributed by atoms with Gasteiger partial charge in [0.2, 0.25) is 0 Å². The van der Waals surface area contributed by atoms with E-state index in [1.165, 1.54) is 0 Å². The Morgan fingerprint density at radius 3 is 2.69 bits per heavy atom. The summed E-state index contributed by atoms with van der Waals surface area (Å²) in [5, 5.41) is 9.93. The van der Waals surface area contributed by atoms with Crippen molar-refractivity contribution in [2.75, 3.05) is 0 Å². The smallest absolute Gasteiger partial charge is 0.0998 e. The minimum absolute atomic E-state index is 0.0352. The Morgan fingerprint density at radius 2 is 2.12 bits per heavy atom. The first kappa shape index (κ1) is 11.2. The largest absolute Gasteiger partial charge is 0.392 e. The van der Waals surface area contributed by atoms with Gasteiger partial charge in [-0.25, -0.2) is 4.98 Å². The van der Waals surface area contributed by atoms with Crippen LogP contribution in [0.3, 0.4) is 0 Å². The van der Waals surface area contributed by atoms with E-state index >= 15 is 0 Å². The minimum Gasteiger partial charge on any atom is -0.392 e. The summed E-state index contributed by atoms with van der Waals surface area (Å²) < 4.78 is 1.91. The first-order chi connectivity index (χ1) is 7.65. The summed E-state index contributed by atoms with van der Waals surface area (Å²) in [5.41, 5.74) is 3.60. The topological polar surface area (TPSA) is 38.0 Å². The summed E-state index contributed by atoms with van der Waals surface area (Å²) >= 11 is 6.16. The number of rotatable bonds is 2. The van der Waals surface area contributed by atoms with Crippen LogP contribution in [-0.2, 0) is 6.61 Å². The normalized spacial score (nSPS) is 10.8. The molecule has 0 unspecified atom stereocenters. The SMILES string of the molecule is Cc1ncn(-c2c(Cl)cccc2CO)c1C. The van der Waals surface area contributed by atoms with Crippen LogP contribution in [0.5, 0.6) is 0 Å². The maximum atomic E-state index is 9.31. The van der Waals surface area contributed by atoms with Gasteiger partial charge >= 0.3 is 0 Å². The van der Waals surface area contributed by atoms with Crippen LogP contribution in [-0.4, -0.2) is 14.7 Å². The van der Waals surface area contributed by atoms with E-state index in [1.54, 1.807) is 6.33 Å². The van der Waals surface area contributed by atoms with E-state index in [-0.39, 0.29) is 6.61 Å². The maximum Gasteiger partial charge on any atom is 0.0998 e. The van der Waals surface area contributed by atoms with Crippen molar-refractivity contribution >= 4 is 11.6 Å². The van der Waals surface area contributed by atoms with Crippen LogP contribution >= 0.6 is 11.6 Å². The monoisotopic (exact) mass is 236 g/mol. The molecule has 0 saturated heterocycles. The van der Waals surface area contributed by atoms with Gasteiger partial charge in [-0.1, -0.05) is 23.7 Å². The van der Waals surface area contributed by atoms with Crippen LogP contribution < -0.4 is 0 Å². The summed E-state index contributed by atoms with van der Waals surface area (Å²) in [6, 6.07) is 5.50. The lowest BCUT2D eigenvalue weighted by atomic mass is 10.2. The third-order valence-electron chi connectivity index (χ3n) is 2.73. The van der Waals surface area contributed by atoms with Crippen molar-refractivity contribution in [2.24, 2.45) is 0 Å². The fourth-order valence-electron chi connectivity index (χ4n) is 1.68. The molecule has 0 saturated carbocycles. The van der Waals surface area contributed by atoms with Gasteiger partial charge in [0.25, 0.3) is 0 Å². The van der Waals surface area contributed by atoms with E-state index in [2.05, 4.69) is 4.98 Å². The number of benzene rings is 1. The van der Waals surface area contributed by atoms with Crippen molar-refractivity contribution in [3.63, 3.8) is 0 Å². The van der Waals surface area contributed by atoms with E-state index in [0.29, 0.717) is 5.02 Å². The van der Waals surface area contributed by atoms with E-state index in [9.17, 15) is 5.11 Å². The number of hydrogen-bond acceptors (Lipinski definition) is 2. The van der Waals surface area contributed by atoms with E-state index in [0.717, 1.165) is 22.6 Å². The average Bonchev–Trinajstić information content (AvgIpc) is 2.60. The number of aliphatic hydroxyl groups excluding tert-OH is 1. The van der Waals surface area contributed by atoms with Crippen molar-refractivity contribution in [1.29, 1.82) is 0 Å².